The zero-order chi connectivity index (χ0) is 27.6. The number of carbonyl (C=O) groups excluding carboxylic acids is 2. The second kappa shape index (κ2) is 11.3. The van der Waals surface area contributed by atoms with Gasteiger partial charge in [0.25, 0.3) is 5.91 Å². The van der Waals surface area contributed by atoms with Crippen molar-refractivity contribution < 1.29 is 29.1 Å². The zero-order valence-electron chi connectivity index (χ0n) is 20.9. The lowest BCUT2D eigenvalue weighted by Crippen LogP contribution is -2.43. The summed E-state index contributed by atoms with van der Waals surface area (Å²) < 4.78 is 5.24. The number of anilines is 1. The van der Waals surface area contributed by atoms with Gasteiger partial charge < -0.3 is 19.6 Å². The van der Waals surface area contributed by atoms with Crippen molar-refractivity contribution in [3.05, 3.63) is 75.1 Å². The molecule has 1 aromatic heterocycles. The quantitative estimate of drug-likeness (QED) is 0.315. The first-order chi connectivity index (χ1) is 17.9. The Morgan fingerprint density at radius 2 is 1.79 bits per heavy atom. The molecular weight excluding hydrogens is 551 g/mol. The number of carboxylic acid groups (broad SMARTS) is 1. The third-order valence-corrected chi connectivity index (χ3v) is 7.40. The normalized spacial score (nSPS) is 15.8. The fourth-order valence-electron chi connectivity index (χ4n) is 4.10. The monoisotopic (exact) mass is 576 g/mol. The number of halogens is 2. The van der Waals surface area contributed by atoms with Crippen molar-refractivity contribution in [1.29, 1.82) is 0 Å². The van der Waals surface area contributed by atoms with Gasteiger partial charge in [-0.1, -0.05) is 53.5 Å². The second-order valence-electron chi connectivity index (χ2n) is 9.68. The Labute approximate surface area is 234 Å². The Balaban J connectivity index is 1.72. The highest BCUT2D eigenvalue weighted by Gasteiger charge is 2.38. The maximum atomic E-state index is 14.0. The Bertz CT molecular complexity index is 1360. The summed E-state index contributed by atoms with van der Waals surface area (Å²) in [6.45, 7) is 5.65. The molecule has 1 amide bonds. The Hall–Kier alpha value is -3.11. The number of hydrogen-bond acceptors (Lipinski definition) is 7. The molecule has 0 aliphatic carbocycles. The van der Waals surface area contributed by atoms with Crippen LogP contribution in [0.25, 0.3) is 10.4 Å². The molecule has 4 rings (SSSR count). The van der Waals surface area contributed by atoms with Crippen molar-refractivity contribution >= 4 is 58.3 Å². The topological polar surface area (TPSA) is 96.4 Å². The number of carbonyl (C=O) groups is 3. The van der Waals surface area contributed by atoms with Gasteiger partial charge >= 0.3 is 12.1 Å². The van der Waals surface area contributed by atoms with Gasteiger partial charge in [0.1, 0.15) is 10.5 Å². The first-order valence-electron chi connectivity index (χ1n) is 11.8. The molecule has 1 fully saturated rings. The van der Waals surface area contributed by atoms with Crippen molar-refractivity contribution in [2.75, 3.05) is 18.0 Å². The molecule has 1 atom stereocenters. The van der Waals surface area contributed by atoms with E-state index in [1.54, 1.807) is 32.9 Å². The van der Waals surface area contributed by atoms with Crippen LogP contribution in [0, 0.1) is 0 Å². The molecule has 1 aliphatic heterocycles. The molecule has 0 radical (unpaired) electrons. The van der Waals surface area contributed by atoms with E-state index in [4.69, 9.17) is 32.8 Å². The van der Waals surface area contributed by atoms with Gasteiger partial charge in [0.05, 0.1) is 28.9 Å². The molecule has 11 heteroatoms. The van der Waals surface area contributed by atoms with Gasteiger partial charge in [-0.05, 0) is 57.0 Å². The highest BCUT2D eigenvalue weighted by Crippen LogP contribution is 2.40. The lowest BCUT2D eigenvalue weighted by molar-refractivity contribution is -0.130. The Kier molecular flexibility index (Phi) is 8.32. The molecule has 1 aliphatic rings. The minimum absolute atomic E-state index is 0.00815. The van der Waals surface area contributed by atoms with E-state index in [0.29, 0.717) is 22.9 Å². The van der Waals surface area contributed by atoms with Crippen molar-refractivity contribution in [3.8, 4) is 10.4 Å². The minimum atomic E-state index is -1.16. The predicted octanol–water partition coefficient (Wildman–Crippen LogP) is 7.01. The fraction of sp³-hybridized carbons (Fsp3) is 0.296. The van der Waals surface area contributed by atoms with Gasteiger partial charge in [0.2, 0.25) is 0 Å². The van der Waals surface area contributed by atoms with E-state index in [9.17, 15) is 19.5 Å². The number of hydroxylamine groups is 2. The summed E-state index contributed by atoms with van der Waals surface area (Å²) in [5, 5.41) is 12.0. The number of ether oxygens (including phenoxy) is 1. The summed E-state index contributed by atoms with van der Waals surface area (Å²) in [4.78, 5) is 46.0. The number of rotatable bonds is 6. The minimum Gasteiger partial charge on any atom is -0.477 e. The smallest absolute Gasteiger partial charge is 0.477 e. The summed E-state index contributed by atoms with van der Waals surface area (Å²) in [6, 6.07) is 15.0. The summed E-state index contributed by atoms with van der Waals surface area (Å²) in [5.41, 5.74) is 0.502. The van der Waals surface area contributed by atoms with Gasteiger partial charge in [0, 0.05) is 16.4 Å². The molecule has 1 unspecified atom stereocenters. The Morgan fingerprint density at radius 3 is 2.42 bits per heavy atom. The first kappa shape index (κ1) is 27.9. The molecular formula is C27H26Cl2N2O6S. The second-order valence-corrected chi connectivity index (χ2v) is 11.6. The number of aromatic carboxylic acids is 1. The average molecular weight is 577 g/mol. The molecule has 2 aromatic carbocycles. The molecule has 3 aromatic rings. The van der Waals surface area contributed by atoms with E-state index >= 15 is 0 Å². The van der Waals surface area contributed by atoms with Gasteiger partial charge in [0.15, 0.2) is 0 Å². The third-order valence-electron chi connectivity index (χ3n) is 5.69. The maximum absolute atomic E-state index is 14.0. The van der Waals surface area contributed by atoms with Gasteiger partial charge in [-0.25, -0.2) is 9.59 Å². The van der Waals surface area contributed by atoms with Crippen molar-refractivity contribution in [2.45, 2.75) is 38.8 Å². The van der Waals surface area contributed by atoms with Crippen LogP contribution in [0.3, 0.4) is 0 Å². The van der Waals surface area contributed by atoms with Crippen molar-refractivity contribution in [2.24, 2.45) is 0 Å². The zero-order valence-corrected chi connectivity index (χ0v) is 23.3. The van der Waals surface area contributed by atoms with E-state index in [2.05, 4.69) is 0 Å². The maximum Gasteiger partial charge on any atom is 0.528 e. The van der Waals surface area contributed by atoms with Crippen LogP contribution in [-0.4, -0.2) is 52.9 Å². The fourth-order valence-corrected chi connectivity index (χ4v) is 5.58. The average Bonchev–Trinajstić information content (AvgIpc) is 3.46. The van der Waals surface area contributed by atoms with Crippen LogP contribution in [0.4, 0.5) is 10.5 Å². The molecule has 0 spiro atoms. The molecule has 0 saturated carbocycles. The van der Waals surface area contributed by atoms with Gasteiger partial charge in [-0.3, -0.25) is 4.79 Å². The van der Waals surface area contributed by atoms with Gasteiger partial charge in [-0.15, -0.1) is 16.4 Å². The van der Waals surface area contributed by atoms with Crippen molar-refractivity contribution in [1.82, 2.24) is 5.06 Å². The molecule has 2 heterocycles. The number of hydrogen-bond donors (Lipinski definition) is 1. The van der Waals surface area contributed by atoms with E-state index < -0.39 is 29.7 Å². The molecule has 200 valence electrons. The number of benzene rings is 2. The van der Waals surface area contributed by atoms with Crippen LogP contribution in [0.5, 0.6) is 0 Å². The first-order valence-corrected chi connectivity index (χ1v) is 13.4. The highest BCUT2D eigenvalue weighted by atomic mass is 35.5. The SMILES string of the molecule is CC(C)(C)OC(=O)ON1CCC(N(C(=O)c2ccc(Cl)cc2Cl)c2cc(-c3ccccc3)sc2C(=O)O)C1. The molecule has 38 heavy (non-hydrogen) atoms. The highest BCUT2D eigenvalue weighted by molar-refractivity contribution is 7.18. The van der Waals surface area contributed by atoms with E-state index in [1.165, 1.54) is 22.1 Å². The summed E-state index contributed by atoms with van der Waals surface area (Å²) in [5.74, 6) is -1.65. The van der Waals surface area contributed by atoms with Crippen LogP contribution < -0.4 is 4.90 Å². The van der Waals surface area contributed by atoms with E-state index in [0.717, 1.165) is 16.9 Å². The molecule has 1 N–H and O–H groups in total. The third kappa shape index (κ3) is 6.47. The lowest BCUT2D eigenvalue weighted by Gasteiger charge is -2.29. The standard InChI is InChI=1S/C27H26Cl2N2O6S/c1-27(2,3)36-26(35)37-30-12-11-18(15-30)31(24(32)19-10-9-17(28)13-20(19)29)21-14-22(38-23(21)25(33)34)16-7-5-4-6-8-16/h4-10,13-14,18H,11-12,15H2,1-3H3,(H,33,34). The summed E-state index contributed by atoms with van der Waals surface area (Å²) >= 11 is 13.5. The number of nitrogens with zero attached hydrogens (tertiary/aromatic N) is 2. The van der Waals surface area contributed by atoms with Crippen LogP contribution >= 0.6 is 34.5 Å². The number of carboxylic acids is 1. The largest absolute Gasteiger partial charge is 0.528 e. The number of amides is 1. The number of thiophene rings is 1. The summed E-state index contributed by atoms with van der Waals surface area (Å²) in [7, 11) is 0. The lowest BCUT2D eigenvalue weighted by atomic mass is 10.1. The van der Waals surface area contributed by atoms with E-state index in [-0.39, 0.29) is 27.7 Å². The van der Waals surface area contributed by atoms with Crippen molar-refractivity contribution in [3.63, 3.8) is 0 Å². The molecule has 8 nitrogen and oxygen atoms in total. The van der Waals surface area contributed by atoms with Gasteiger partial charge in [-0.2, -0.15) is 0 Å². The van der Waals surface area contributed by atoms with Crippen LogP contribution in [0.1, 0.15) is 47.2 Å². The Morgan fingerprint density at radius 1 is 1.08 bits per heavy atom. The molecule has 0 bridgehead atoms. The van der Waals surface area contributed by atoms with E-state index in [1.807, 2.05) is 30.3 Å². The molecule has 1 saturated heterocycles. The van der Waals surface area contributed by atoms with Crippen LogP contribution in [-0.2, 0) is 9.57 Å². The summed E-state index contributed by atoms with van der Waals surface area (Å²) in [6.07, 6.45) is -0.445. The predicted molar refractivity (Wildman–Crippen MR) is 147 cm³/mol. The van der Waals surface area contributed by atoms with Crippen LogP contribution in [0.2, 0.25) is 10.0 Å². The van der Waals surface area contributed by atoms with Crippen LogP contribution in [0.15, 0.2) is 54.6 Å².